The average molecular weight is 284 g/mol. The van der Waals surface area contributed by atoms with Crippen LogP contribution in [0.1, 0.15) is 32.1 Å². The highest BCUT2D eigenvalue weighted by atomic mass is 16.4. The van der Waals surface area contributed by atoms with Crippen LogP contribution in [0.15, 0.2) is 42.5 Å². The van der Waals surface area contributed by atoms with Gasteiger partial charge in [-0.25, -0.2) is 9.78 Å². The first-order valence-electron chi connectivity index (χ1n) is 6.60. The van der Waals surface area contributed by atoms with E-state index in [1.807, 2.05) is 19.1 Å². The summed E-state index contributed by atoms with van der Waals surface area (Å²) >= 11 is 0. The minimum absolute atomic E-state index is 0.229. The fourth-order valence-electron chi connectivity index (χ4n) is 1.94. The Labute approximate surface area is 122 Å². The third-order valence-corrected chi connectivity index (χ3v) is 2.99. The largest absolute Gasteiger partial charge is 0.478 e. The van der Waals surface area contributed by atoms with Gasteiger partial charge in [0.25, 0.3) is 5.91 Å². The lowest BCUT2D eigenvalue weighted by Gasteiger charge is -2.06. The summed E-state index contributed by atoms with van der Waals surface area (Å²) in [6.45, 7) is 2.26. The maximum absolute atomic E-state index is 11.9. The first kappa shape index (κ1) is 14.7. The molecular formula is C16H16N2O3. The van der Waals surface area contributed by atoms with E-state index < -0.39 is 5.97 Å². The summed E-state index contributed by atoms with van der Waals surface area (Å²) in [5.74, 6) is -1.18. The number of carboxylic acids is 1. The molecule has 0 aliphatic heterocycles. The second-order valence-corrected chi connectivity index (χ2v) is 4.68. The number of benzene rings is 1. The Morgan fingerprint density at radius 2 is 1.95 bits per heavy atom. The molecule has 1 aromatic carbocycles. The van der Waals surface area contributed by atoms with E-state index in [9.17, 15) is 9.59 Å². The molecule has 0 atom stereocenters. The number of hydrogen-bond acceptors (Lipinski definition) is 3. The minimum atomic E-state index is -0.954. The van der Waals surface area contributed by atoms with E-state index in [1.165, 1.54) is 0 Å². The Balaban J connectivity index is 1.91. The van der Waals surface area contributed by atoms with Crippen LogP contribution < -0.4 is 5.32 Å². The van der Waals surface area contributed by atoms with E-state index in [0.717, 1.165) is 11.3 Å². The number of hydrogen-bond donors (Lipinski definition) is 2. The van der Waals surface area contributed by atoms with Gasteiger partial charge in [0.2, 0.25) is 0 Å². The molecule has 1 aromatic heterocycles. The zero-order chi connectivity index (χ0) is 15.2. The number of aromatic carboxylic acids is 1. The van der Waals surface area contributed by atoms with E-state index in [4.69, 9.17) is 5.11 Å². The molecule has 2 rings (SSSR count). The van der Waals surface area contributed by atoms with Crippen LogP contribution in [0.3, 0.4) is 0 Å². The number of pyridine rings is 1. The second kappa shape index (κ2) is 6.65. The van der Waals surface area contributed by atoms with E-state index in [1.54, 1.807) is 30.3 Å². The summed E-state index contributed by atoms with van der Waals surface area (Å²) in [4.78, 5) is 26.9. The number of rotatable bonds is 5. The number of nitrogens with one attached hydrogen (secondary N) is 1. The van der Waals surface area contributed by atoms with Gasteiger partial charge in [0, 0.05) is 12.2 Å². The number of carbonyl (C=O) groups is 2. The van der Waals surface area contributed by atoms with Crippen LogP contribution in [-0.4, -0.2) is 28.5 Å². The molecule has 0 bridgehead atoms. The molecule has 0 aliphatic rings. The molecule has 5 heteroatoms. The highest BCUT2D eigenvalue weighted by molar-refractivity contribution is 5.92. The van der Waals surface area contributed by atoms with Gasteiger partial charge in [-0.1, -0.05) is 18.2 Å². The fraction of sp³-hybridized carbons (Fsp3) is 0.188. The summed E-state index contributed by atoms with van der Waals surface area (Å²) in [6.07, 6.45) is 0.568. The van der Waals surface area contributed by atoms with Crippen molar-refractivity contribution in [3.05, 3.63) is 65.0 Å². The monoisotopic (exact) mass is 284 g/mol. The minimum Gasteiger partial charge on any atom is -0.478 e. The lowest BCUT2D eigenvalue weighted by atomic mass is 10.1. The molecule has 0 radical (unpaired) electrons. The van der Waals surface area contributed by atoms with Gasteiger partial charge in [-0.3, -0.25) is 4.79 Å². The molecule has 0 fully saturated rings. The Hall–Kier alpha value is -2.69. The van der Waals surface area contributed by atoms with Crippen LogP contribution in [0.25, 0.3) is 0 Å². The topological polar surface area (TPSA) is 79.3 Å². The molecular weight excluding hydrogens is 268 g/mol. The van der Waals surface area contributed by atoms with E-state index in [0.29, 0.717) is 18.7 Å². The van der Waals surface area contributed by atoms with Crippen LogP contribution in [0.4, 0.5) is 0 Å². The zero-order valence-electron chi connectivity index (χ0n) is 11.7. The Bertz CT molecular complexity index is 668. The SMILES string of the molecule is Cc1cccc(C(=O)NCCc2cccc(C(=O)O)c2)n1. The van der Waals surface area contributed by atoms with Crippen molar-refractivity contribution in [1.29, 1.82) is 0 Å². The molecule has 0 spiro atoms. The van der Waals surface area contributed by atoms with Crippen molar-refractivity contribution in [3.8, 4) is 0 Å². The van der Waals surface area contributed by atoms with Crippen LogP contribution >= 0.6 is 0 Å². The van der Waals surface area contributed by atoms with Crippen LogP contribution in [0.2, 0.25) is 0 Å². The predicted octanol–water partition coefficient (Wildman–Crippen LogP) is 2.06. The van der Waals surface area contributed by atoms with Crippen molar-refractivity contribution < 1.29 is 14.7 Å². The number of amides is 1. The summed E-state index contributed by atoms with van der Waals surface area (Å²) in [7, 11) is 0. The second-order valence-electron chi connectivity index (χ2n) is 4.68. The first-order chi connectivity index (χ1) is 10.1. The predicted molar refractivity (Wildman–Crippen MR) is 78.4 cm³/mol. The van der Waals surface area contributed by atoms with Gasteiger partial charge in [0.05, 0.1) is 5.56 Å². The van der Waals surface area contributed by atoms with E-state index >= 15 is 0 Å². The maximum Gasteiger partial charge on any atom is 0.335 e. The molecule has 108 valence electrons. The molecule has 0 saturated carbocycles. The summed E-state index contributed by atoms with van der Waals surface area (Å²) in [6, 6.07) is 12.0. The lowest BCUT2D eigenvalue weighted by molar-refractivity contribution is 0.0696. The number of aromatic nitrogens is 1. The van der Waals surface area contributed by atoms with E-state index in [2.05, 4.69) is 10.3 Å². The molecule has 21 heavy (non-hydrogen) atoms. The highest BCUT2D eigenvalue weighted by Gasteiger charge is 2.07. The van der Waals surface area contributed by atoms with Crippen LogP contribution in [0, 0.1) is 6.92 Å². The first-order valence-corrected chi connectivity index (χ1v) is 6.60. The Morgan fingerprint density at radius 3 is 2.67 bits per heavy atom. The van der Waals surface area contributed by atoms with Gasteiger partial charge in [-0.15, -0.1) is 0 Å². The summed E-state index contributed by atoms with van der Waals surface area (Å²) in [5, 5.41) is 11.7. The van der Waals surface area contributed by atoms with Gasteiger partial charge < -0.3 is 10.4 Å². The smallest absolute Gasteiger partial charge is 0.335 e. The van der Waals surface area contributed by atoms with Crippen LogP contribution in [0.5, 0.6) is 0 Å². The van der Waals surface area contributed by atoms with Gasteiger partial charge in [-0.05, 0) is 43.2 Å². The fourth-order valence-corrected chi connectivity index (χ4v) is 1.94. The normalized spacial score (nSPS) is 10.1. The number of aryl methyl sites for hydroxylation is 1. The molecule has 2 aromatic rings. The number of nitrogens with zero attached hydrogens (tertiary/aromatic N) is 1. The molecule has 1 amide bonds. The molecule has 0 unspecified atom stereocenters. The van der Waals surface area contributed by atoms with Crippen molar-refractivity contribution in [3.63, 3.8) is 0 Å². The van der Waals surface area contributed by atoms with E-state index in [-0.39, 0.29) is 11.5 Å². The van der Waals surface area contributed by atoms with Crippen molar-refractivity contribution in [2.45, 2.75) is 13.3 Å². The molecule has 5 nitrogen and oxygen atoms in total. The summed E-state index contributed by atoms with van der Waals surface area (Å²) < 4.78 is 0. The molecule has 1 heterocycles. The lowest BCUT2D eigenvalue weighted by Crippen LogP contribution is -2.26. The highest BCUT2D eigenvalue weighted by Crippen LogP contribution is 2.06. The van der Waals surface area contributed by atoms with Crippen molar-refractivity contribution in [2.24, 2.45) is 0 Å². The summed E-state index contributed by atoms with van der Waals surface area (Å²) in [5.41, 5.74) is 2.29. The molecule has 0 aliphatic carbocycles. The van der Waals surface area contributed by atoms with Crippen molar-refractivity contribution >= 4 is 11.9 Å². The van der Waals surface area contributed by atoms with Gasteiger partial charge >= 0.3 is 5.97 Å². The average Bonchev–Trinajstić information content (AvgIpc) is 2.47. The Kier molecular flexibility index (Phi) is 4.66. The standard InChI is InChI=1S/C16H16N2O3/c1-11-4-2-7-14(18-11)15(19)17-9-8-12-5-3-6-13(10-12)16(20)21/h2-7,10H,8-9H2,1H3,(H,17,19)(H,20,21). The van der Waals surface area contributed by atoms with Crippen molar-refractivity contribution in [2.75, 3.05) is 6.54 Å². The third-order valence-electron chi connectivity index (χ3n) is 2.99. The number of carboxylic acid groups (broad SMARTS) is 1. The van der Waals surface area contributed by atoms with Gasteiger partial charge in [0.15, 0.2) is 0 Å². The van der Waals surface area contributed by atoms with Crippen LogP contribution in [-0.2, 0) is 6.42 Å². The molecule has 0 saturated heterocycles. The molecule has 2 N–H and O–H groups in total. The van der Waals surface area contributed by atoms with Crippen molar-refractivity contribution in [1.82, 2.24) is 10.3 Å². The zero-order valence-corrected chi connectivity index (χ0v) is 11.7. The maximum atomic E-state index is 11.9. The quantitative estimate of drug-likeness (QED) is 0.880. The van der Waals surface area contributed by atoms with Gasteiger partial charge in [0.1, 0.15) is 5.69 Å². The van der Waals surface area contributed by atoms with Gasteiger partial charge in [-0.2, -0.15) is 0 Å². The number of carbonyl (C=O) groups excluding carboxylic acids is 1. The third kappa shape index (κ3) is 4.14. The Morgan fingerprint density at radius 1 is 1.19 bits per heavy atom.